The van der Waals surface area contributed by atoms with E-state index in [-0.39, 0.29) is 5.78 Å². The third-order valence-electron chi connectivity index (χ3n) is 2.36. The maximum atomic E-state index is 11.0. The summed E-state index contributed by atoms with van der Waals surface area (Å²) in [6.45, 7) is 3.24. The monoisotopic (exact) mass is 137 g/mol. The van der Waals surface area contributed by atoms with Gasteiger partial charge in [0.15, 0.2) is 0 Å². The van der Waals surface area contributed by atoms with Crippen molar-refractivity contribution in [1.82, 2.24) is 0 Å². The Labute approximate surface area is 60.8 Å². The highest BCUT2D eigenvalue weighted by atomic mass is 16.1. The molecule has 0 aromatic carbocycles. The normalized spacial score (nSPS) is 22.9. The predicted octanol–water partition coefficient (Wildman–Crippen LogP) is 1.52. The van der Waals surface area contributed by atoms with Crippen LogP contribution in [0.1, 0.15) is 26.7 Å². The first-order chi connectivity index (χ1) is 4.61. The minimum Gasteiger partial charge on any atom is -0.298 e. The molecular formula is C8H11NO. The van der Waals surface area contributed by atoms with Crippen molar-refractivity contribution in [1.29, 1.82) is 5.26 Å². The number of ketones is 1. The molecule has 0 aliphatic heterocycles. The summed E-state index contributed by atoms with van der Waals surface area (Å²) in [5, 5.41) is 8.70. The summed E-state index contributed by atoms with van der Waals surface area (Å²) in [7, 11) is 0. The van der Waals surface area contributed by atoms with Crippen molar-refractivity contribution in [3.8, 4) is 6.07 Å². The van der Waals surface area contributed by atoms with E-state index in [1.165, 1.54) is 6.92 Å². The van der Waals surface area contributed by atoms with E-state index < -0.39 is 5.41 Å². The molecule has 0 N–H and O–H groups in total. The smallest absolute Gasteiger partial charge is 0.150 e. The lowest BCUT2D eigenvalue weighted by atomic mass is 9.83. The summed E-state index contributed by atoms with van der Waals surface area (Å²) in [6.07, 6.45) is 2.09. The SMILES string of the molecule is CC(=O)C(C)(C#N)C1CC1. The Hall–Kier alpha value is -0.840. The Kier molecular flexibility index (Phi) is 1.52. The lowest BCUT2D eigenvalue weighted by Crippen LogP contribution is -2.25. The lowest BCUT2D eigenvalue weighted by Gasteiger charge is -2.15. The molecule has 1 aliphatic carbocycles. The molecule has 1 atom stereocenters. The van der Waals surface area contributed by atoms with Gasteiger partial charge in [0.05, 0.1) is 6.07 Å². The number of Topliss-reactive ketones (excluding diaryl/α,β-unsaturated/α-hetero) is 1. The van der Waals surface area contributed by atoms with Gasteiger partial charge in [0.25, 0.3) is 0 Å². The van der Waals surface area contributed by atoms with Crippen LogP contribution >= 0.6 is 0 Å². The van der Waals surface area contributed by atoms with E-state index in [1.54, 1.807) is 6.92 Å². The highest BCUT2D eigenvalue weighted by Gasteiger charge is 2.45. The van der Waals surface area contributed by atoms with Crippen molar-refractivity contribution in [2.75, 3.05) is 0 Å². The van der Waals surface area contributed by atoms with Crippen molar-refractivity contribution in [3.05, 3.63) is 0 Å². The molecule has 2 heteroatoms. The summed E-state index contributed by atoms with van der Waals surface area (Å²) in [6, 6.07) is 2.09. The second kappa shape index (κ2) is 2.09. The molecule has 10 heavy (non-hydrogen) atoms. The van der Waals surface area contributed by atoms with E-state index in [2.05, 4.69) is 6.07 Å². The standard InChI is InChI=1S/C8H11NO/c1-6(10)8(2,5-9)7-3-4-7/h7H,3-4H2,1-2H3. The van der Waals surface area contributed by atoms with E-state index in [1.807, 2.05) is 0 Å². The highest BCUT2D eigenvalue weighted by Crippen LogP contribution is 2.45. The molecule has 0 bridgehead atoms. The van der Waals surface area contributed by atoms with Crippen LogP contribution in [0.2, 0.25) is 0 Å². The van der Waals surface area contributed by atoms with Gasteiger partial charge in [0, 0.05) is 0 Å². The second-order valence-corrected chi connectivity index (χ2v) is 3.14. The van der Waals surface area contributed by atoms with Crippen LogP contribution in [0.15, 0.2) is 0 Å². The van der Waals surface area contributed by atoms with Gasteiger partial charge in [-0.1, -0.05) is 0 Å². The maximum absolute atomic E-state index is 11.0. The minimum atomic E-state index is -0.681. The molecule has 1 unspecified atom stereocenters. The van der Waals surface area contributed by atoms with Crippen molar-refractivity contribution in [2.45, 2.75) is 26.7 Å². The van der Waals surface area contributed by atoms with Crippen LogP contribution in [0.4, 0.5) is 0 Å². The Morgan fingerprint density at radius 3 is 2.30 bits per heavy atom. The average Bonchev–Trinajstić information content (AvgIpc) is 2.67. The first-order valence-electron chi connectivity index (χ1n) is 3.53. The highest BCUT2D eigenvalue weighted by molar-refractivity contribution is 5.85. The van der Waals surface area contributed by atoms with Crippen LogP contribution in [0, 0.1) is 22.7 Å². The maximum Gasteiger partial charge on any atom is 0.150 e. The van der Waals surface area contributed by atoms with Gasteiger partial charge in [-0.25, -0.2) is 0 Å². The molecule has 0 spiro atoms. The Bertz CT molecular complexity index is 200. The molecule has 0 amide bonds. The third-order valence-corrected chi connectivity index (χ3v) is 2.36. The van der Waals surface area contributed by atoms with Gasteiger partial charge >= 0.3 is 0 Å². The van der Waals surface area contributed by atoms with Crippen molar-refractivity contribution >= 4 is 5.78 Å². The fourth-order valence-corrected chi connectivity index (χ4v) is 1.12. The van der Waals surface area contributed by atoms with E-state index in [0.717, 1.165) is 12.8 Å². The molecule has 1 aliphatic rings. The molecule has 0 radical (unpaired) electrons. The molecule has 0 saturated heterocycles. The molecule has 1 rings (SSSR count). The summed E-state index contributed by atoms with van der Waals surface area (Å²) < 4.78 is 0. The van der Waals surface area contributed by atoms with Crippen LogP contribution in [-0.2, 0) is 4.79 Å². The van der Waals surface area contributed by atoms with E-state index >= 15 is 0 Å². The zero-order valence-corrected chi connectivity index (χ0v) is 6.35. The molecule has 54 valence electrons. The lowest BCUT2D eigenvalue weighted by molar-refractivity contribution is -0.123. The van der Waals surface area contributed by atoms with Gasteiger partial charge < -0.3 is 0 Å². The van der Waals surface area contributed by atoms with Gasteiger partial charge in [-0.05, 0) is 32.6 Å². The van der Waals surface area contributed by atoms with E-state index in [0.29, 0.717) is 5.92 Å². The molecule has 0 aromatic rings. The number of rotatable bonds is 2. The van der Waals surface area contributed by atoms with Crippen LogP contribution < -0.4 is 0 Å². The fraction of sp³-hybridized carbons (Fsp3) is 0.750. The molecule has 1 fully saturated rings. The predicted molar refractivity (Wildman–Crippen MR) is 37.1 cm³/mol. The topological polar surface area (TPSA) is 40.9 Å². The van der Waals surface area contributed by atoms with Crippen LogP contribution in [0.25, 0.3) is 0 Å². The van der Waals surface area contributed by atoms with Gasteiger partial charge in [-0.3, -0.25) is 4.79 Å². The van der Waals surface area contributed by atoms with Gasteiger partial charge in [-0.2, -0.15) is 5.26 Å². The molecule has 2 nitrogen and oxygen atoms in total. The quantitative estimate of drug-likeness (QED) is 0.579. The molecule has 1 saturated carbocycles. The Morgan fingerprint density at radius 1 is 1.70 bits per heavy atom. The van der Waals surface area contributed by atoms with Crippen LogP contribution in [-0.4, -0.2) is 5.78 Å². The third kappa shape index (κ3) is 0.923. The van der Waals surface area contributed by atoms with Gasteiger partial charge in [0.1, 0.15) is 11.2 Å². The Morgan fingerprint density at radius 2 is 2.20 bits per heavy atom. The summed E-state index contributed by atoms with van der Waals surface area (Å²) in [5.41, 5.74) is -0.681. The van der Waals surface area contributed by atoms with Crippen molar-refractivity contribution in [3.63, 3.8) is 0 Å². The zero-order chi connectivity index (χ0) is 7.78. The number of nitriles is 1. The number of carbonyl (C=O) groups is 1. The summed E-state index contributed by atoms with van der Waals surface area (Å²) in [5.74, 6) is 0.354. The second-order valence-electron chi connectivity index (χ2n) is 3.14. The van der Waals surface area contributed by atoms with E-state index in [9.17, 15) is 4.79 Å². The minimum absolute atomic E-state index is 0.0116. The average molecular weight is 137 g/mol. The number of carbonyl (C=O) groups excluding carboxylic acids is 1. The first-order valence-corrected chi connectivity index (χ1v) is 3.53. The zero-order valence-electron chi connectivity index (χ0n) is 6.35. The Balaban J connectivity index is 2.78. The molecular weight excluding hydrogens is 126 g/mol. The largest absolute Gasteiger partial charge is 0.298 e. The molecule has 0 heterocycles. The van der Waals surface area contributed by atoms with Crippen LogP contribution in [0.3, 0.4) is 0 Å². The fourth-order valence-electron chi connectivity index (χ4n) is 1.12. The molecule has 0 aromatic heterocycles. The number of nitrogens with zero attached hydrogens (tertiary/aromatic N) is 1. The number of hydrogen-bond donors (Lipinski definition) is 0. The van der Waals surface area contributed by atoms with Gasteiger partial charge in [0.2, 0.25) is 0 Å². The van der Waals surface area contributed by atoms with Crippen molar-refractivity contribution < 1.29 is 4.79 Å². The first kappa shape index (κ1) is 7.27. The van der Waals surface area contributed by atoms with Gasteiger partial charge in [-0.15, -0.1) is 0 Å². The summed E-state index contributed by atoms with van der Waals surface area (Å²) in [4.78, 5) is 11.0. The number of hydrogen-bond acceptors (Lipinski definition) is 2. The van der Waals surface area contributed by atoms with Crippen LogP contribution in [0.5, 0.6) is 0 Å². The van der Waals surface area contributed by atoms with E-state index in [4.69, 9.17) is 5.26 Å². The van der Waals surface area contributed by atoms with Crippen molar-refractivity contribution in [2.24, 2.45) is 11.3 Å². The summed E-state index contributed by atoms with van der Waals surface area (Å²) >= 11 is 0.